The van der Waals surface area contributed by atoms with Gasteiger partial charge in [0.1, 0.15) is 11.9 Å². The number of aliphatic hydroxyl groups is 1. The monoisotopic (exact) mass is 284 g/mol. The zero-order chi connectivity index (χ0) is 14.1. The molecule has 1 aliphatic rings. The number of nitriles is 1. The van der Waals surface area contributed by atoms with E-state index in [1.165, 1.54) is 0 Å². The Hall–Kier alpha value is -1.49. The Morgan fingerprint density at radius 1 is 1.47 bits per heavy atom. The molecular formula is C12H13FN2O3S. The average Bonchev–Trinajstić information content (AvgIpc) is 2.34. The number of benzene rings is 1. The summed E-state index contributed by atoms with van der Waals surface area (Å²) in [6.45, 7) is -0.279. The Morgan fingerprint density at radius 3 is 2.63 bits per heavy atom. The average molecular weight is 284 g/mol. The van der Waals surface area contributed by atoms with Crippen LogP contribution in [0.1, 0.15) is 24.8 Å². The molecule has 1 saturated carbocycles. The van der Waals surface area contributed by atoms with Crippen LogP contribution in [-0.4, -0.2) is 25.7 Å². The Kier molecular flexibility index (Phi) is 3.58. The largest absolute Gasteiger partial charge is 0.394 e. The molecule has 5 nitrogen and oxygen atoms in total. The van der Waals surface area contributed by atoms with E-state index >= 15 is 0 Å². The summed E-state index contributed by atoms with van der Waals surface area (Å²) in [6, 6.07) is 4.63. The summed E-state index contributed by atoms with van der Waals surface area (Å²) in [5.74, 6) is -0.762. The zero-order valence-electron chi connectivity index (χ0n) is 10.1. The van der Waals surface area contributed by atoms with Crippen LogP contribution in [0.4, 0.5) is 4.39 Å². The highest BCUT2D eigenvalue weighted by Crippen LogP contribution is 2.33. The molecule has 102 valence electrons. The van der Waals surface area contributed by atoms with Gasteiger partial charge in [-0.05, 0) is 37.5 Å². The molecule has 0 heterocycles. The minimum Gasteiger partial charge on any atom is -0.394 e. The van der Waals surface area contributed by atoms with Crippen molar-refractivity contribution in [3.05, 3.63) is 29.6 Å². The first kappa shape index (κ1) is 13.9. The normalized spacial score (nSPS) is 17.5. The lowest BCUT2D eigenvalue weighted by molar-refractivity contribution is 0.110. The van der Waals surface area contributed by atoms with E-state index in [9.17, 15) is 17.9 Å². The van der Waals surface area contributed by atoms with Crippen molar-refractivity contribution in [2.45, 2.75) is 29.7 Å². The number of rotatable bonds is 4. The first-order chi connectivity index (χ1) is 8.92. The predicted octanol–water partition coefficient (Wildman–Crippen LogP) is 0.891. The van der Waals surface area contributed by atoms with Crippen LogP contribution in [0.5, 0.6) is 0 Å². The highest BCUT2D eigenvalue weighted by molar-refractivity contribution is 7.89. The summed E-state index contributed by atoms with van der Waals surface area (Å²) < 4.78 is 39.8. The van der Waals surface area contributed by atoms with E-state index in [-0.39, 0.29) is 17.1 Å². The maximum atomic E-state index is 13.2. The summed E-state index contributed by atoms with van der Waals surface area (Å²) in [4.78, 5) is -0.176. The van der Waals surface area contributed by atoms with Gasteiger partial charge in [0.05, 0.1) is 22.6 Å². The number of aliphatic hydroxyl groups excluding tert-OH is 1. The molecule has 1 aromatic carbocycles. The summed E-state index contributed by atoms with van der Waals surface area (Å²) >= 11 is 0. The van der Waals surface area contributed by atoms with Crippen molar-refractivity contribution >= 4 is 10.0 Å². The number of sulfonamides is 1. The number of hydrogen-bond acceptors (Lipinski definition) is 4. The van der Waals surface area contributed by atoms with Gasteiger partial charge < -0.3 is 5.11 Å². The van der Waals surface area contributed by atoms with Gasteiger partial charge in [-0.15, -0.1) is 0 Å². The van der Waals surface area contributed by atoms with Gasteiger partial charge in [0, 0.05) is 0 Å². The van der Waals surface area contributed by atoms with Crippen molar-refractivity contribution in [1.29, 1.82) is 5.26 Å². The molecule has 0 unspecified atom stereocenters. The second-order valence-corrected chi connectivity index (χ2v) is 6.33. The van der Waals surface area contributed by atoms with Crippen molar-refractivity contribution < 1.29 is 17.9 Å². The molecule has 0 amide bonds. The summed E-state index contributed by atoms with van der Waals surface area (Å²) in [5.41, 5.74) is -1.14. The lowest BCUT2D eigenvalue weighted by Crippen LogP contribution is -2.55. The standard InChI is InChI=1S/C12H13FN2O3S/c13-11-3-2-10(6-9(11)7-14)19(17,18)15-12(8-16)4-1-5-12/h2-3,6,15-16H,1,4-5,8H2. The fourth-order valence-electron chi connectivity index (χ4n) is 2.00. The molecule has 2 rings (SSSR count). The Balaban J connectivity index is 2.32. The highest BCUT2D eigenvalue weighted by Gasteiger charge is 2.40. The van der Waals surface area contributed by atoms with E-state index in [0.29, 0.717) is 12.8 Å². The van der Waals surface area contributed by atoms with Crippen molar-refractivity contribution in [3.63, 3.8) is 0 Å². The molecule has 0 aromatic heterocycles. The zero-order valence-corrected chi connectivity index (χ0v) is 10.9. The van der Waals surface area contributed by atoms with Gasteiger partial charge in [0.2, 0.25) is 10.0 Å². The molecule has 0 aliphatic heterocycles. The topological polar surface area (TPSA) is 90.2 Å². The van der Waals surface area contributed by atoms with Crippen molar-refractivity contribution in [2.24, 2.45) is 0 Å². The predicted molar refractivity (Wildman–Crippen MR) is 65.1 cm³/mol. The van der Waals surface area contributed by atoms with Gasteiger partial charge >= 0.3 is 0 Å². The Bertz CT molecular complexity index is 627. The van der Waals surface area contributed by atoms with Gasteiger partial charge in [-0.1, -0.05) is 0 Å². The number of halogens is 1. The van der Waals surface area contributed by atoms with E-state index in [1.54, 1.807) is 6.07 Å². The van der Waals surface area contributed by atoms with Crippen LogP contribution in [0.15, 0.2) is 23.1 Å². The maximum absolute atomic E-state index is 13.2. The fraction of sp³-hybridized carbons (Fsp3) is 0.417. The van der Waals surface area contributed by atoms with Crippen LogP contribution in [0.25, 0.3) is 0 Å². The van der Waals surface area contributed by atoms with E-state index < -0.39 is 21.4 Å². The molecule has 7 heteroatoms. The first-order valence-corrected chi connectivity index (χ1v) is 7.25. The van der Waals surface area contributed by atoms with E-state index in [0.717, 1.165) is 24.6 Å². The van der Waals surface area contributed by atoms with Gasteiger partial charge in [-0.2, -0.15) is 5.26 Å². The third-order valence-corrected chi connectivity index (χ3v) is 4.91. The molecule has 2 N–H and O–H groups in total. The van der Waals surface area contributed by atoms with Crippen LogP contribution < -0.4 is 4.72 Å². The third kappa shape index (κ3) is 2.61. The van der Waals surface area contributed by atoms with Crippen molar-refractivity contribution in [1.82, 2.24) is 4.72 Å². The first-order valence-electron chi connectivity index (χ1n) is 5.77. The molecule has 0 spiro atoms. The van der Waals surface area contributed by atoms with Crippen LogP contribution in [-0.2, 0) is 10.0 Å². The summed E-state index contributed by atoms with van der Waals surface area (Å²) in [5, 5.41) is 18.0. The smallest absolute Gasteiger partial charge is 0.241 e. The van der Waals surface area contributed by atoms with E-state index in [2.05, 4.69) is 4.72 Å². The number of nitrogens with zero attached hydrogens (tertiary/aromatic N) is 1. The summed E-state index contributed by atoms with van der Waals surface area (Å²) in [6.07, 6.45) is 1.97. The van der Waals surface area contributed by atoms with Crippen molar-refractivity contribution in [2.75, 3.05) is 6.61 Å². The summed E-state index contributed by atoms with van der Waals surface area (Å²) in [7, 11) is -3.87. The number of hydrogen-bond donors (Lipinski definition) is 2. The minimum absolute atomic E-state index is 0.176. The van der Waals surface area contributed by atoms with Gasteiger partial charge in [-0.3, -0.25) is 0 Å². The van der Waals surface area contributed by atoms with Gasteiger partial charge in [0.15, 0.2) is 0 Å². The fourth-order valence-corrected chi connectivity index (χ4v) is 3.47. The molecule has 19 heavy (non-hydrogen) atoms. The van der Waals surface area contributed by atoms with Gasteiger partial charge in [0.25, 0.3) is 0 Å². The lowest BCUT2D eigenvalue weighted by atomic mass is 9.78. The molecule has 0 atom stereocenters. The molecule has 1 fully saturated rings. The van der Waals surface area contributed by atoms with E-state index in [1.807, 2.05) is 0 Å². The maximum Gasteiger partial charge on any atom is 0.241 e. The Morgan fingerprint density at radius 2 is 2.16 bits per heavy atom. The van der Waals surface area contributed by atoms with Crippen LogP contribution in [0.2, 0.25) is 0 Å². The van der Waals surface area contributed by atoms with Gasteiger partial charge in [-0.25, -0.2) is 17.5 Å². The molecule has 0 radical (unpaired) electrons. The molecule has 1 aliphatic carbocycles. The second kappa shape index (κ2) is 4.89. The van der Waals surface area contributed by atoms with Crippen LogP contribution >= 0.6 is 0 Å². The van der Waals surface area contributed by atoms with Crippen LogP contribution in [0.3, 0.4) is 0 Å². The highest BCUT2D eigenvalue weighted by atomic mass is 32.2. The third-order valence-electron chi connectivity index (χ3n) is 3.33. The number of nitrogens with one attached hydrogen (secondary N) is 1. The Labute approximate surface area is 110 Å². The SMILES string of the molecule is N#Cc1cc(S(=O)(=O)NC2(CO)CCC2)ccc1F. The lowest BCUT2D eigenvalue weighted by Gasteiger charge is -2.40. The van der Waals surface area contributed by atoms with Crippen LogP contribution in [0, 0.1) is 17.1 Å². The van der Waals surface area contributed by atoms with E-state index in [4.69, 9.17) is 5.26 Å². The molecule has 0 bridgehead atoms. The molecule has 1 aromatic rings. The quantitative estimate of drug-likeness (QED) is 0.859. The molecule has 0 saturated heterocycles. The second-order valence-electron chi connectivity index (χ2n) is 4.65. The molecular weight excluding hydrogens is 271 g/mol. The minimum atomic E-state index is -3.87. The van der Waals surface area contributed by atoms with Crippen molar-refractivity contribution in [3.8, 4) is 6.07 Å².